The molecule has 1 aromatic carbocycles. The first-order valence-corrected chi connectivity index (χ1v) is 7.20. The molecule has 0 bridgehead atoms. The maximum atomic E-state index is 13.4. The molecule has 5 heteroatoms. The van der Waals surface area contributed by atoms with Gasteiger partial charge in [-0.1, -0.05) is 26.0 Å². The molecule has 0 heterocycles. The second-order valence-electron chi connectivity index (χ2n) is 5.42. The SMILES string of the molecule is CC(=O)N(CCNC(=O)c1ccccc1F)CCC(C)C. The molecule has 2 amide bonds. The number of nitrogens with one attached hydrogen (secondary N) is 1. The van der Waals surface area contributed by atoms with Crippen LogP contribution < -0.4 is 5.32 Å². The molecule has 0 aliphatic carbocycles. The molecular weight excluding hydrogens is 271 g/mol. The summed E-state index contributed by atoms with van der Waals surface area (Å²) >= 11 is 0. The predicted molar refractivity (Wildman–Crippen MR) is 80.4 cm³/mol. The van der Waals surface area contributed by atoms with Crippen molar-refractivity contribution in [3.05, 3.63) is 35.6 Å². The Balaban J connectivity index is 2.45. The molecule has 1 N–H and O–H groups in total. The lowest BCUT2D eigenvalue weighted by molar-refractivity contribution is -0.128. The number of hydrogen-bond acceptors (Lipinski definition) is 2. The Morgan fingerprint density at radius 1 is 1.24 bits per heavy atom. The maximum absolute atomic E-state index is 13.4. The van der Waals surface area contributed by atoms with E-state index < -0.39 is 11.7 Å². The molecule has 4 nitrogen and oxygen atoms in total. The number of halogens is 1. The van der Waals surface area contributed by atoms with Crippen LogP contribution >= 0.6 is 0 Å². The van der Waals surface area contributed by atoms with Crippen molar-refractivity contribution in [3.63, 3.8) is 0 Å². The third-order valence-corrected chi connectivity index (χ3v) is 3.21. The Bertz CT molecular complexity index is 489. The summed E-state index contributed by atoms with van der Waals surface area (Å²) in [6.07, 6.45) is 0.917. The lowest BCUT2D eigenvalue weighted by Crippen LogP contribution is -2.38. The second-order valence-corrected chi connectivity index (χ2v) is 5.42. The van der Waals surface area contributed by atoms with Gasteiger partial charge in [-0.25, -0.2) is 4.39 Å². The molecule has 0 aliphatic heterocycles. The maximum Gasteiger partial charge on any atom is 0.254 e. The van der Waals surface area contributed by atoms with Gasteiger partial charge in [0, 0.05) is 26.6 Å². The lowest BCUT2D eigenvalue weighted by Gasteiger charge is -2.22. The zero-order valence-corrected chi connectivity index (χ0v) is 12.9. The van der Waals surface area contributed by atoms with Crippen molar-refractivity contribution in [2.24, 2.45) is 5.92 Å². The Morgan fingerprint density at radius 2 is 1.90 bits per heavy atom. The Kier molecular flexibility index (Phi) is 6.85. The molecule has 0 spiro atoms. The first-order chi connectivity index (χ1) is 9.91. The van der Waals surface area contributed by atoms with E-state index in [1.807, 2.05) is 0 Å². The molecule has 1 rings (SSSR count). The molecule has 0 aromatic heterocycles. The van der Waals surface area contributed by atoms with Crippen molar-refractivity contribution >= 4 is 11.8 Å². The summed E-state index contributed by atoms with van der Waals surface area (Å²) in [4.78, 5) is 25.0. The van der Waals surface area contributed by atoms with Crippen molar-refractivity contribution in [1.82, 2.24) is 10.2 Å². The third kappa shape index (κ3) is 5.94. The van der Waals surface area contributed by atoms with E-state index in [1.54, 1.807) is 11.0 Å². The molecule has 1 aromatic rings. The highest BCUT2D eigenvalue weighted by Crippen LogP contribution is 2.06. The summed E-state index contributed by atoms with van der Waals surface area (Å²) < 4.78 is 13.4. The van der Waals surface area contributed by atoms with E-state index in [4.69, 9.17) is 0 Å². The fraction of sp³-hybridized carbons (Fsp3) is 0.500. The first kappa shape index (κ1) is 17.1. The number of nitrogens with zero attached hydrogens (tertiary/aromatic N) is 1. The van der Waals surface area contributed by atoms with E-state index in [2.05, 4.69) is 19.2 Å². The fourth-order valence-electron chi connectivity index (χ4n) is 1.89. The summed E-state index contributed by atoms with van der Waals surface area (Å²) in [5, 5.41) is 2.64. The van der Waals surface area contributed by atoms with E-state index in [9.17, 15) is 14.0 Å². The van der Waals surface area contributed by atoms with E-state index in [1.165, 1.54) is 25.1 Å². The van der Waals surface area contributed by atoms with Crippen molar-refractivity contribution in [1.29, 1.82) is 0 Å². The smallest absolute Gasteiger partial charge is 0.254 e. The van der Waals surface area contributed by atoms with Crippen LogP contribution in [0.15, 0.2) is 24.3 Å². The van der Waals surface area contributed by atoms with Crippen LogP contribution in [0.2, 0.25) is 0 Å². The quantitative estimate of drug-likeness (QED) is 0.839. The van der Waals surface area contributed by atoms with Gasteiger partial charge in [0.15, 0.2) is 0 Å². The monoisotopic (exact) mass is 294 g/mol. The van der Waals surface area contributed by atoms with Gasteiger partial charge in [-0.3, -0.25) is 9.59 Å². The van der Waals surface area contributed by atoms with E-state index in [0.717, 1.165) is 6.42 Å². The van der Waals surface area contributed by atoms with Crippen molar-refractivity contribution < 1.29 is 14.0 Å². The van der Waals surface area contributed by atoms with Gasteiger partial charge in [-0.05, 0) is 24.5 Å². The normalized spacial score (nSPS) is 10.5. The molecule has 0 aliphatic rings. The number of benzene rings is 1. The third-order valence-electron chi connectivity index (χ3n) is 3.21. The fourth-order valence-corrected chi connectivity index (χ4v) is 1.89. The Hall–Kier alpha value is -1.91. The molecule has 0 saturated heterocycles. The molecule has 0 atom stereocenters. The summed E-state index contributed by atoms with van der Waals surface area (Å²) in [7, 11) is 0. The van der Waals surface area contributed by atoms with Gasteiger partial charge >= 0.3 is 0 Å². The van der Waals surface area contributed by atoms with Crippen LogP contribution in [0, 0.1) is 11.7 Å². The van der Waals surface area contributed by atoms with Gasteiger partial charge in [0.25, 0.3) is 5.91 Å². The highest BCUT2D eigenvalue weighted by Gasteiger charge is 2.12. The van der Waals surface area contributed by atoms with Crippen molar-refractivity contribution in [3.8, 4) is 0 Å². The predicted octanol–water partition coefficient (Wildman–Crippen LogP) is 2.45. The van der Waals surface area contributed by atoms with E-state index in [-0.39, 0.29) is 11.5 Å². The van der Waals surface area contributed by atoms with Crippen molar-refractivity contribution in [2.75, 3.05) is 19.6 Å². The van der Waals surface area contributed by atoms with Crippen LogP contribution in [0.5, 0.6) is 0 Å². The highest BCUT2D eigenvalue weighted by molar-refractivity contribution is 5.94. The van der Waals surface area contributed by atoms with Gasteiger partial charge in [0.05, 0.1) is 5.56 Å². The summed E-state index contributed by atoms with van der Waals surface area (Å²) in [5.41, 5.74) is 0.0223. The van der Waals surface area contributed by atoms with E-state index >= 15 is 0 Å². The highest BCUT2D eigenvalue weighted by atomic mass is 19.1. The average molecular weight is 294 g/mol. The minimum atomic E-state index is -0.543. The summed E-state index contributed by atoms with van der Waals surface area (Å²) in [6.45, 7) is 7.12. The summed E-state index contributed by atoms with van der Waals surface area (Å²) in [6, 6.07) is 5.84. The second kappa shape index (κ2) is 8.39. The molecular formula is C16H23FN2O2. The van der Waals surface area contributed by atoms with Crippen LogP contribution in [-0.4, -0.2) is 36.3 Å². The molecule has 0 radical (unpaired) electrons. The average Bonchev–Trinajstić information content (AvgIpc) is 2.42. The van der Waals surface area contributed by atoms with E-state index in [0.29, 0.717) is 25.6 Å². The summed E-state index contributed by atoms with van der Waals surface area (Å²) in [5.74, 6) is -0.505. The van der Waals surface area contributed by atoms with Gasteiger partial charge in [-0.15, -0.1) is 0 Å². The molecule has 116 valence electrons. The van der Waals surface area contributed by atoms with Crippen LogP contribution in [0.25, 0.3) is 0 Å². The minimum Gasteiger partial charge on any atom is -0.350 e. The van der Waals surface area contributed by atoms with Gasteiger partial charge in [-0.2, -0.15) is 0 Å². The number of amides is 2. The number of rotatable bonds is 7. The van der Waals surface area contributed by atoms with Gasteiger partial charge in [0.1, 0.15) is 5.82 Å². The van der Waals surface area contributed by atoms with Crippen molar-refractivity contribution in [2.45, 2.75) is 27.2 Å². The zero-order chi connectivity index (χ0) is 15.8. The zero-order valence-electron chi connectivity index (χ0n) is 12.9. The topological polar surface area (TPSA) is 49.4 Å². The molecule has 0 unspecified atom stereocenters. The van der Waals surface area contributed by atoms with Gasteiger partial charge < -0.3 is 10.2 Å². The largest absolute Gasteiger partial charge is 0.350 e. The standard InChI is InChI=1S/C16H23FN2O2/c1-12(2)8-10-19(13(3)20)11-9-18-16(21)14-6-4-5-7-15(14)17/h4-7,12H,8-11H2,1-3H3,(H,18,21). The molecule has 0 fully saturated rings. The minimum absolute atomic E-state index is 0.0178. The number of hydrogen-bond donors (Lipinski definition) is 1. The molecule has 0 saturated carbocycles. The van der Waals surface area contributed by atoms with Crippen LogP contribution in [-0.2, 0) is 4.79 Å². The van der Waals surface area contributed by atoms with Crippen LogP contribution in [0.3, 0.4) is 0 Å². The lowest BCUT2D eigenvalue weighted by atomic mass is 10.1. The van der Waals surface area contributed by atoms with Gasteiger partial charge in [0.2, 0.25) is 5.91 Å². The van der Waals surface area contributed by atoms with Crippen LogP contribution in [0.1, 0.15) is 37.6 Å². The van der Waals surface area contributed by atoms with Crippen LogP contribution in [0.4, 0.5) is 4.39 Å². The molecule has 21 heavy (non-hydrogen) atoms. The first-order valence-electron chi connectivity index (χ1n) is 7.20. The Morgan fingerprint density at radius 3 is 2.48 bits per heavy atom. The number of carbonyl (C=O) groups is 2. The Labute approximate surface area is 125 Å². The number of carbonyl (C=O) groups excluding carboxylic acids is 2.